The Morgan fingerprint density at radius 2 is 2.00 bits per heavy atom. The quantitative estimate of drug-likeness (QED) is 0.656. The normalized spacial score (nSPS) is 11.1. The maximum Gasteiger partial charge on any atom is 0.328 e. The summed E-state index contributed by atoms with van der Waals surface area (Å²) in [5.41, 5.74) is 0.243. The van der Waals surface area contributed by atoms with Gasteiger partial charge in [-0.05, 0) is 32.4 Å². The Bertz CT molecular complexity index is 497. The summed E-state index contributed by atoms with van der Waals surface area (Å²) in [4.78, 5) is 22.9. The number of likely N-dealkylation sites (N-methyl/N-ethyl adjacent to an activating group) is 1. The average molecular weight is 252 g/mol. The van der Waals surface area contributed by atoms with E-state index < -0.39 is 16.4 Å². The van der Waals surface area contributed by atoms with Crippen molar-refractivity contribution in [1.82, 2.24) is 0 Å². The highest BCUT2D eigenvalue weighted by Gasteiger charge is 2.33. The maximum atomic E-state index is 11.2. The van der Waals surface area contributed by atoms with Crippen molar-refractivity contribution in [2.45, 2.75) is 26.3 Å². The first-order chi connectivity index (χ1) is 8.17. The lowest BCUT2D eigenvalue weighted by molar-refractivity contribution is -0.384. The Hall–Kier alpha value is -2.11. The van der Waals surface area contributed by atoms with Gasteiger partial charge in [-0.15, -0.1) is 0 Å². The molecule has 0 aliphatic rings. The zero-order valence-corrected chi connectivity index (χ0v) is 10.8. The third-order valence-corrected chi connectivity index (χ3v) is 3.11. The lowest BCUT2D eigenvalue weighted by atomic mass is 10.0. The van der Waals surface area contributed by atoms with Crippen LogP contribution in [0.1, 0.15) is 19.4 Å². The van der Waals surface area contributed by atoms with Crippen molar-refractivity contribution in [3.8, 4) is 0 Å². The summed E-state index contributed by atoms with van der Waals surface area (Å²) in [6.45, 7) is 4.88. The SMILES string of the molecule is Cc1cc([N+](=O)[O-])ccc1N(C)C(C)(C)C(=O)O. The van der Waals surface area contributed by atoms with E-state index in [4.69, 9.17) is 5.11 Å². The Balaban J connectivity index is 3.19. The molecular formula is C12H16N2O4. The van der Waals surface area contributed by atoms with Gasteiger partial charge in [-0.25, -0.2) is 4.79 Å². The highest BCUT2D eigenvalue weighted by Crippen LogP contribution is 2.28. The summed E-state index contributed by atoms with van der Waals surface area (Å²) in [7, 11) is 1.66. The summed E-state index contributed by atoms with van der Waals surface area (Å²) in [5.74, 6) is -0.956. The molecule has 0 aliphatic heterocycles. The van der Waals surface area contributed by atoms with Crippen LogP contribution in [0, 0.1) is 17.0 Å². The van der Waals surface area contributed by atoms with E-state index in [2.05, 4.69) is 0 Å². The summed E-state index contributed by atoms with van der Waals surface area (Å²) in [6, 6.07) is 4.37. The van der Waals surface area contributed by atoms with Crippen LogP contribution in [0.4, 0.5) is 11.4 Å². The number of nitro groups is 1. The molecule has 0 amide bonds. The van der Waals surface area contributed by atoms with Crippen molar-refractivity contribution in [2.24, 2.45) is 0 Å². The number of aryl methyl sites for hydroxylation is 1. The van der Waals surface area contributed by atoms with Crippen LogP contribution in [0.5, 0.6) is 0 Å². The summed E-state index contributed by atoms with van der Waals surface area (Å²) < 4.78 is 0. The minimum Gasteiger partial charge on any atom is -0.480 e. The van der Waals surface area contributed by atoms with Gasteiger partial charge in [-0.2, -0.15) is 0 Å². The van der Waals surface area contributed by atoms with Crippen LogP contribution >= 0.6 is 0 Å². The smallest absolute Gasteiger partial charge is 0.328 e. The predicted molar refractivity (Wildman–Crippen MR) is 68.0 cm³/mol. The number of nitrogens with zero attached hydrogens (tertiary/aromatic N) is 2. The Morgan fingerprint density at radius 1 is 1.44 bits per heavy atom. The van der Waals surface area contributed by atoms with E-state index in [9.17, 15) is 14.9 Å². The molecule has 0 aromatic heterocycles. The average Bonchev–Trinajstić information content (AvgIpc) is 2.27. The number of carboxylic acids is 1. The fraction of sp³-hybridized carbons (Fsp3) is 0.417. The number of carbonyl (C=O) groups is 1. The van der Waals surface area contributed by atoms with E-state index in [0.717, 1.165) is 0 Å². The zero-order chi connectivity index (χ0) is 14.1. The van der Waals surface area contributed by atoms with Crippen molar-refractivity contribution in [2.75, 3.05) is 11.9 Å². The Kier molecular flexibility index (Phi) is 3.59. The second-order valence-corrected chi connectivity index (χ2v) is 4.65. The molecule has 1 rings (SSSR count). The maximum absolute atomic E-state index is 11.2. The summed E-state index contributed by atoms with van der Waals surface area (Å²) in [6.07, 6.45) is 0. The van der Waals surface area contributed by atoms with Gasteiger partial charge in [0.15, 0.2) is 0 Å². The molecule has 18 heavy (non-hydrogen) atoms. The van der Waals surface area contributed by atoms with Gasteiger partial charge in [0, 0.05) is 24.9 Å². The minimum absolute atomic E-state index is 0.00205. The molecule has 6 nitrogen and oxygen atoms in total. The van der Waals surface area contributed by atoms with Gasteiger partial charge in [-0.1, -0.05) is 0 Å². The van der Waals surface area contributed by atoms with Gasteiger partial charge >= 0.3 is 5.97 Å². The molecule has 1 aromatic rings. The van der Waals surface area contributed by atoms with Gasteiger partial charge in [-0.3, -0.25) is 10.1 Å². The molecule has 1 N–H and O–H groups in total. The highest BCUT2D eigenvalue weighted by molar-refractivity contribution is 5.83. The molecule has 0 fully saturated rings. The Morgan fingerprint density at radius 3 is 2.39 bits per heavy atom. The largest absolute Gasteiger partial charge is 0.480 e. The molecule has 98 valence electrons. The minimum atomic E-state index is -1.08. The first kappa shape index (κ1) is 14.0. The fourth-order valence-electron chi connectivity index (χ4n) is 1.57. The van der Waals surface area contributed by atoms with Crippen LogP contribution in [0.2, 0.25) is 0 Å². The summed E-state index contributed by atoms with van der Waals surface area (Å²) in [5, 5.41) is 19.8. The number of benzene rings is 1. The molecular weight excluding hydrogens is 236 g/mol. The van der Waals surface area contributed by atoms with Crippen LogP contribution in [0.25, 0.3) is 0 Å². The van der Waals surface area contributed by atoms with Gasteiger partial charge in [0.25, 0.3) is 5.69 Å². The zero-order valence-electron chi connectivity index (χ0n) is 10.8. The van der Waals surface area contributed by atoms with Crippen LogP contribution in [0.3, 0.4) is 0 Å². The fourth-order valence-corrected chi connectivity index (χ4v) is 1.57. The number of aliphatic carboxylic acids is 1. The number of hydrogen-bond donors (Lipinski definition) is 1. The number of nitro benzene ring substituents is 1. The molecule has 0 atom stereocenters. The molecule has 0 bridgehead atoms. The van der Waals surface area contributed by atoms with Crippen molar-refractivity contribution in [1.29, 1.82) is 0 Å². The third kappa shape index (κ3) is 2.42. The first-order valence-corrected chi connectivity index (χ1v) is 5.40. The van der Waals surface area contributed by atoms with Crippen LogP contribution < -0.4 is 4.90 Å². The van der Waals surface area contributed by atoms with E-state index in [0.29, 0.717) is 11.3 Å². The van der Waals surface area contributed by atoms with Crippen LogP contribution in [0.15, 0.2) is 18.2 Å². The van der Waals surface area contributed by atoms with Crippen molar-refractivity contribution in [3.05, 3.63) is 33.9 Å². The van der Waals surface area contributed by atoms with Crippen molar-refractivity contribution in [3.63, 3.8) is 0 Å². The molecule has 0 spiro atoms. The third-order valence-electron chi connectivity index (χ3n) is 3.11. The van der Waals surface area contributed by atoms with E-state index >= 15 is 0 Å². The lowest BCUT2D eigenvalue weighted by Crippen LogP contribution is -2.48. The first-order valence-electron chi connectivity index (χ1n) is 5.40. The Labute approximate surface area is 105 Å². The molecule has 6 heteroatoms. The second-order valence-electron chi connectivity index (χ2n) is 4.65. The van der Waals surface area contributed by atoms with E-state index in [1.54, 1.807) is 38.8 Å². The monoisotopic (exact) mass is 252 g/mol. The molecule has 0 unspecified atom stereocenters. The topological polar surface area (TPSA) is 83.7 Å². The number of hydrogen-bond acceptors (Lipinski definition) is 4. The predicted octanol–water partition coefficient (Wildman–Crippen LogP) is 2.20. The molecule has 0 aliphatic carbocycles. The number of rotatable bonds is 4. The van der Waals surface area contributed by atoms with Crippen LogP contribution in [-0.2, 0) is 4.79 Å². The summed E-state index contributed by atoms with van der Waals surface area (Å²) >= 11 is 0. The van der Waals surface area contributed by atoms with E-state index in [1.807, 2.05) is 0 Å². The molecule has 0 saturated heterocycles. The van der Waals surface area contributed by atoms with Gasteiger partial charge in [0.2, 0.25) is 0 Å². The van der Waals surface area contributed by atoms with Crippen LogP contribution in [-0.4, -0.2) is 28.6 Å². The van der Waals surface area contributed by atoms with Gasteiger partial charge < -0.3 is 10.0 Å². The van der Waals surface area contributed by atoms with E-state index in [-0.39, 0.29) is 5.69 Å². The van der Waals surface area contributed by atoms with Crippen molar-refractivity contribution < 1.29 is 14.8 Å². The molecule has 0 heterocycles. The highest BCUT2D eigenvalue weighted by atomic mass is 16.6. The number of non-ortho nitro benzene ring substituents is 1. The second kappa shape index (κ2) is 4.64. The van der Waals surface area contributed by atoms with Crippen molar-refractivity contribution >= 4 is 17.3 Å². The molecule has 0 saturated carbocycles. The molecule has 1 aromatic carbocycles. The molecule has 0 radical (unpaired) electrons. The standard InChI is InChI=1S/C12H16N2O4/c1-8-7-9(14(17)18)5-6-10(8)13(4)12(2,3)11(15)16/h5-7H,1-4H3,(H,15,16). The number of carboxylic acid groups (broad SMARTS) is 1. The lowest BCUT2D eigenvalue weighted by Gasteiger charge is -2.34. The van der Waals surface area contributed by atoms with Gasteiger partial charge in [0.05, 0.1) is 4.92 Å². The van der Waals surface area contributed by atoms with E-state index in [1.165, 1.54) is 12.1 Å². The van der Waals surface area contributed by atoms with Gasteiger partial charge in [0.1, 0.15) is 5.54 Å². The number of anilines is 1.